The largest absolute Gasteiger partial charge is 0.206 e. The summed E-state index contributed by atoms with van der Waals surface area (Å²) in [6.07, 6.45) is 3.30. The van der Waals surface area contributed by atoms with Gasteiger partial charge in [0.15, 0.2) is 0 Å². The van der Waals surface area contributed by atoms with E-state index in [1.54, 1.807) is 18.2 Å². The summed E-state index contributed by atoms with van der Waals surface area (Å²) in [7, 11) is 0. The van der Waals surface area contributed by atoms with Gasteiger partial charge in [-0.2, -0.15) is 5.26 Å². The normalized spacial score (nSPS) is 10.5. The predicted molar refractivity (Wildman–Crippen MR) is 101 cm³/mol. The molecule has 0 atom stereocenters. The van der Waals surface area contributed by atoms with Crippen LogP contribution in [0.5, 0.6) is 0 Å². The van der Waals surface area contributed by atoms with Gasteiger partial charge < -0.3 is 0 Å². The fourth-order valence-electron chi connectivity index (χ4n) is 3.08. The van der Waals surface area contributed by atoms with Gasteiger partial charge in [-0.25, -0.2) is 8.78 Å². The van der Waals surface area contributed by atoms with Crippen LogP contribution in [0, 0.1) is 23.0 Å². The monoisotopic (exact) mass is 347 g/mol. The van der Waals surface area contributed by atoms with Gasteiger partial charge >= 0.3 is 0 Å². The molecule has 3 rings (SSSR count). The highest BCUT2D eigenvalue weighted by molar-refractivity contribution is 5.84. The predicted octanol–water partition coefficient (Wildman–Crippen LogP) is 6.51. The van der Waals surface area contributed by atoms with Crippen molar-refractivity contribution >= 4 is 0 Å². The van der Waals surface area contributed by atoms with Crippen molar-refractivity contribution < 1.29 is 8.78 Å². The van der Waals surface area contributed by atoms with E-state index in [1.165, 1.54) is 5.56 Å². The molecule has 0 N–H and O–H groups in total. The first-order chi connectivity index (χ1) is 12.6. The first-order valence-corrected chi connectivity index (χ1v) is 8.72. The summed E-state index contributed by atoms with van der Waals surface area (Å²) in [6, 6.07) is 19.2. The molecule has 0 aliphatic carbocycles. The second kappa shape index (κ2) is 7.93. The summed E-state index contributed by atoms with van der Waals surface area (Å²) in [5.74, 6) is -1.46. The van der Waals surface area contributed by atoms with Gasteiger partial charge in [-0.15, -0.1) is 0 Å². The Balaban J connectivity index is 2.06. The van der Waals surface area contributed by atoms with Crippen LogP contribution in [0.3, 0.4) is 0 Å². The topological polar surface area (TPSA) is 23.8 Å². The lowest BCUT2D eigenvalue weighted by Gasteiger charge is -2.13. The Bertz CT molecular complexity index is 930. The highest BCUT2D eigenvalue weighted by atomic mass is 19.1. The van der Waals surface area contributed by atoms with E-state index in [0.717, 1.165) is 42.5 Å². The van der Waals surface area contributed by atoms with Crippen LogP contribution in [0.25, 0.3) is 22.3 Å². The van der Waals surface area contributed by atoms with Gasteiger partial charge in [0.2, 0.25) is 0 Å². The van der Waals surface area contributed by atoms with Gasteiger partial charge in [-0.1, -0.05) is 61.9 Å². The van der Waals surface area contributed by atoms with Crippen molar-refractivity contribution in [3.63, 3.8) is 0 Å². The molecule has 0 amide bonds. The van der Waals surface area contributed by atoms with E-state index >= 15 is 0 Å². The lowest BCUT2D eigenvalue weighted by molar-refractivity contribution is 0.589. The molecule has 0 unspecified atom stereocenters. The number of halogens is 2. The molecule has 3 aromatic rings. The minimum Gasteiger partial charge on any atom is -0.206 e. The molecule has 0 aliphatic rings. The van der Waals surface area contributed by atoms with Gasteiger partial charge in [0.1, 0.15) is 11.6 Å². The molecule has 1 nitrogen and oxygen atoms in total. The Morgan fingerprint density at radius 3 is 2.08 bits per heavy atom. The Labute approximate surface area is 152 Å². The minimum absolute atomic E-state index is 0.0264. The molecule has 0 radical (unpaired) electrons. The van der Waals surface area contributed by atoms with Gasteiger partial charge in [-0.05, 0) is 47.2 Å². The van der Waals surface area contributed by atoms with Crippen molar-refractivity contribution in [1.82, 2.24) is 0 Å². The zero-order valence-electron chi connectivity index (χ0n) is 14.6. The Kier molecular flexibility index (Phi) is 5.43. The Morgan fingerprint density at radius 2 is 1.50 bits per heavy atom. The molecule has 0 heterocycles. The van der Waals surface area contributed by atoms with E-state index in [2.05, 4.69) is 19.1 Å². The van der Waals surface area contributed by atoms with Crippen molar-refractivity contribution in [2.45, 2.75) is 26.2 Å². The van der Waals surface area contributed by atoms with Crippen molar-refractivity contribution in [1.29, 1.82) is 5.26 Å². The number of rotatable bonds is 5. The van der Waals surface area contributed by atoms with E-state index < -0.39 is 11.6 Å². The molecule has 0 saturated carbocycles. The van der Waals surface area contributed by atoms with Crippen LogP contribution in [-0.2, 0) is 6.42 Å². The summed E-state index contributed by atoms with van der Waals surface area (Å²) in [5.41, 5.74) is 3.27. The van der Waals surface area contributed by atoms with E-state index in [1.807, 2.05) is 24.3 Å². The Morgan fingerprint density at radius 1 is 0.885 bits per heavy atom. The van der Waals surface area contributed by atoms with E-state index in [-0.39, 0.29) is 11.1 Å². The SMILES string of the molecule is CCCCc1ccc(-c2ccccc2-c2c(F)cc(C#N)cc2F)cc1. The maximum absolute atomic E-state index is 14.5. The maximum atomic E-state index is 14.5. The molecule has 0 aliphatic heterocycles. The third-order valence-corrected chi connectivity index (χ3v) is 4.45. The molecule has 130 valence electrons. The zero-order chi connectivity index (χ0) is 18.5. The fourth-order valence-corrected chi connectivity index (χ4v) is 3.08. The molecule has 0 saturated heterocycles. The highest BCUT2D eigenvalue weighted by Gasteiger charge is 2.17. The van der Waals surface area contributed by atoms with Crippen LogP contribution in [0.1, 0.15) is 30.9 Å². The number of hydrogen-bond acceptors (Lipinski definition) is 1. The second-order valence-corrected chi connectivity index (χ2v) is 6.27. The number of nitrogens with zero attached hydrogens (tertiary/aromatic N) is 1. The second-order valence-electron chi connectivity index (χ2n) is 6.27. The average Bonchev–Trinajstić information content (AvgIpc) is 2.66. The third kappa shape index (κ3) is 3.65. The first-order valence-electron chi connectivity index (χ1n) is 8.72. The standard InChI is InChI=1S/C23H19F2N/c1-2-3-6-16-9-11-18(12-10-16)19-7-4-5-8-20(19)23-21(24)13-17(15-26)14-22(23)25/h4-5,7-14H,2-3,6H2,1H3. The molecule has 3 aromatic carbocycles. The van der Waals surface area contributed by atoms with Crippen LogP contribution in [-0.4, -0.2) is 0 Å². The van der Waals surface area contributed by atoms with E-state index in [4.69, 9.17) is 5.26 Å². The van der Waals surface area contributed by atoms with E-state index in [9.17, 15) is 8.78 Å². The Hall–Kier alpha value is -2.99. The van der Waals surface area contributed by atoms with Gasteiger partial charge in [0.05, 0.1) is 17.2 Å². The average molecular weight is 347 g/mol. The summed E-state index contributed by atoms with van der Waals surface area (Å²) in [4.78, 5) is 0. The molecule has 0 aromatic heterocycles. The van der Waals surface area contributed by atoms with Crippen molar-refractivity contribution in [3.8, 4) is 28.3 Å². The number of aryl methyl sites for hydroxylation is 1. The van der Waals surface area contributed by atoms with Crippen molar-refractivity contribution in [2.75, 3.05) is 0 Å². The van der Waals surface area contributed by atoms with E-state index in [0.29, 0.717) is 5.56 Å². The quantitative estimate of drug-likeness (QED) is 0.516. The van der Waals surface area contributed by atoms with Crippen molar-refractivity contribution in [3.05, 3.63) is 83.4 Å². The fraction of sp³-hybridized carbons (Fsp3) is 0.174. The minimum atomic E-state index is -0.728. The van der Waals surface area contributed by atoms with Gasteiger partial charge in [-0.3, -0.25) is 0 Å². The molecule has 0 fully saturated rings. The number of unbranched alkanes of at least 4 members (excludes halogenated alkanes) is 1. The smallest absolute Gasteiger partial charge is 0.135 e. The third-order valence-electron chi connectivity index (χ3n) is 4.45. The van der Waals surface area contributed by atoms with Gasteiger partial charge in [0.25, 0.3) is 0 Å². The number of benzene rings is 3. The van der Waals surface area contributed by atoms with Crippen molar-refractivity contribution in [2.24, 2.45) is 0 Å². The molecule has 0 bridgehead atoms. The molecule has 26 heavy (non-hydrogen) atoms. The summed E-state index contributed by atoms with van der Waals surface area (Å²) in [6.45, 7) is 2.16. The number of hydrogen-bond donors (Lipinski definition) is 0. The van der Waals surface area contributed by atoms with Crippen LogP contribution >= 0.6 is 0 Å². The summed E-state index contributed by atoms with van der Waals surface area (Å²) < 4.78 is 29.0. The highest BCUT2D eigenvalue weighted by Crippen LogP contribution is 2.35. The zero-order valence-corrected chi connectivity index (χ0v) is 14.6. The maximum Gasteiger partial charge on any atom is 0.135 e. The molecule has 0 spiro atoms. The van der Waals surface area contributed by atoms with Gasteiger partial charge in [0, 0.05) is 0 Å². The van der Waals surface area contributed by atoms with Crippen LogP contribution in [0.4, 0.5) is 8.78 Å². The summed E-state index contributed by atoms with van der Waals surface area (Å²) >= 11 is 0. The number of nitriles is 1. The van der Waals surface area contributed by atoms with Crippen LogP contribution in [0.15, 0.2) is 60.7 Å². The molecular formula is C23H19F2N. The lowest BCUT2D eigenvalue weighted by atomic mass is 9.92. The molecule has 3 heteroatoms. The molecular weight excluding hydrogens is 328 g/mol. The first kappa shape index (κ1) is 17.8. The van der Waals surface area contributed by atoms with Crippen LogP contribution < -0.4 is 0 Å². The lowest BCUT2D eigenvalue weighted by Crippen LogP contribution is -1.95. The van der Waals surface area contributed by atoms with Crippen LogP contribution in [0.2, 0.25) is 0 Å². The summed E-state index contributed by atoms with van der Waals surface area (Å²) in [5, 5.41) is 8.88.